The van der Waals surface area contributed by atoms with Crippen molar-refractivity contribution >= 4 is 15.9 Å². The molecule has 0 saturated carbocycles. The first-order valence-electron chi connectivity index (χ1n) is 6.43. The molecule has 0 aliphatic heterocycles. The third-order valence-corrected chi connectivity index (χ3v) is 3.67. The molecule has 0 aromatic heterocycles. The van der Waals surface area contributed by atoms with Crippen molar-refractivity contribution in [3.8, 4) is 0 Å². The molecule has 0 aliphatic rings. The van der Waals surface area contributed by atoms with Crippen LogP contribution in [0.1, 0.15) is 11.1 Å². The Kier molecular flexibility index (Phi) is 5.26. The van der Waals surface area contributed by atoms with Crippen LogP contribution in [-0.4, -0.2) is 13.1 Å². The van der Waals surface area contributed by atoms with Gasteiger partial charge in [-0.15, -0.1) is 0 Å². The summed E-state index contributed by atoms with van der Waals surface area (Å²) in [6, 6.07) is 11.5. The van der Waals surface area contributed by atoms with Gasteiger partial charge in [-0.1, -0.05) is 28.1 Å². The van der Waals surface area contributed by atoms with E-state index in [0.29, 0.717) is 6.42 Å². The second-order valence-corrected chi connectivity index (χ2v) is 5.71. The molecule has 2 rings (SSSR count). The Morgan fingerprint density at radius 1 is 0.950 bits per heavy atom. The summed E-state index contributed by atoms with van der Waals surface area (Å²) in [5.41, 5.74) is 1.99. The minimum absolute atomic E-state index is 0.175. The lowest BCUT2D eigenvalue weighted by molar-refractivity contribution is 0.551. The van der Waals surface area contributed by atoms with Crippen molar-refractivity contribution in [1.82, 2.24) is 5.32 Å². The number of likely N-dealkylation sites (N-methyl/N-ethyl adjacent to an activating group) is 1. The van der Waals surface area contributed by atoms with Crippen LogP contribution < -0.4 is 5.32 Å². The smallest absolute Gasteiger partial charge is 0.124 e. The summed E-state index contributed by atoms with van der Waals surface area (Å²) in [7, 11) is 1.88. The van der Waals surface area contributed by atoms with Crippen LogP contribution in [0.3, 0.4) is 0 Å². The molecule has 4 heteroatoms. The van der Waals surface area contributed by atoms with Crippen molar-refractivity contribution in [2.24, 2.45) is 0 Å². The number of benzene rings is 2. The normalized spacial score (nSPS) is 12.4. The van der Waals surface area contributed by atoms with E-state index in [2.05, 4.69) is 21.2 Å². The zero-order chi connectivity index (χ0) is 14.5. The van der Waals surface area contributed by atoms with Gasteiger partial charge in [-0.2, -0.15) is 0 Å². The predicted octanol–water partition coefficient (Wildman–Crippen LogP) is 4.10. The highest BCUT2D eigenvalue weighted by molar-refractivity contribution is 9.10. The number of hydrogen-bond acceptors (Lipinski definition) is 1. The third kappa shape index (κ3) is 4.39. The van der Waals surface area contributed by atoms with E-state index in [1.807, 2.05) is 13.1 Å². The Bertz CT molecular complexity index is 549. The van der Waals surface area contributed by atoms with Crippen LogP contribution in [0.15, 0.2) is 46.9 Å². The fourth-order valence-electron chi connectivity index (χ4n) is 2.19. The van der Waals surface area contributed by atoms with Gasteiger partial charge >= 0.3 is 0 Å². The molecular weight excluding hydrogens is 324 g/mol. The molecule has 0 fully saturated rings. The second kappa shape index (κ2) is 6.95. The zero-order valence-electron chi connectivity index (χ0n) is 11.2. The summed E-state index contributed by atoms with van der Waals surface area (Å²) in [5, 5.41) is 3.22. The summed E-state index contributed by atoms with van der Waals surface area (Å²) in [4.78, 5) is 0. The van der Waals surface area contributed by atoms with Gasteiger partial charge in [-0.25, -0.2) is 8.78 Å². The van der Waals surface area contributed by atoms with Crippen LogP contribution >= 0.6 is 15.9 Å². The van der Waals surface area contributed by atoms with E-state index in [9.17, 15) is 8.78 Å². The van der Waals surface area contributed by atoms with E-state index in [4.69, 9.17) is 0 Å². The molecule has 2 aromatic rings. The van der Waals surface area contributed by atoms with Gasteiger partial charge in [0.15, 0.2) is 0 Å². The lowest BCUT2D eigenvalue weighted by Gasteiger charge is -2.16. The molecule has 1 unspecified atom stereocenters. The minimum atomic E-state index is -0.244. The van der Waals surface area contributed by atoms with Gasteiger partial charge < -0.3 is 5.32 Å². The molecule has 2 aromatic carbocycles. The first kappa shape index (κ1) is 15.1. The number of rotatable bonds is 5. The van der Waals surface area contributed by atoms with Gasteiger partial charge in [-0.05, 0) is 61.3 Å². The molecular formula is C16H16BrF2N. The molecule has 0 saturated heterocycles. The van der Waals surface area contributed by atoms with Crippen molar-refractivity contribution in [3.63, 3.8) is 0 Å². The van der Waals surface area contributed by atoms with E-state index in [0.717, 1.165) is 22.0 Å². The van der Waals surface area contributed by atoms with Crippen molar-refractivity contribution in [2.75, 3.05) is 7.05 Å². The van der Waals surface area contributed by atoms with E-state index >= 15 is 0 Å². The Morgan fingerprint density at radius 2 is 1.60 bits per heavy atom. The number of halogens is 3. The molecule has 0 spiro atoms. The summed E-state index contributed by atoms with van der Waals surface area (Å²) in [6.07, 6.45) is 1.48. The molecule has 0 aliphatic carbocycles. The fraction of sp³-hybridized carbons (Fsp3) is 0.250. The van der Waals surface area contributed by atoms with E-state index in [-0.39, 0.29) is 17.7 Å². The van der Waals surface area contributed by atoms with Gasteiger partial charge in [0.25, 0.3) is 0 Å². The Labute approximate surface area is 126 Å². The molecule has 106 valence electrons. The quantitative estimate of drug-likeness (QED) is 0.864. The SMILES string of the molecule is CNC(Cc1ccc(F)cc1)Cc1cc(F)cc(Br)c1. The van der Waals surface area contributed by atoms with Crippen LogP contribution in [-0.2, 0) is 12.8 Å². The maximum atomic E-state index is 13.4. The molecule has 0 amide bonds. The summed E-state index contributed by atoms with van der Waals surface area (Å²) in [5.74, 6) is -0.477. The first-order valence-corrected chi connectivity index (χ1v) is 7.23. The highest BCUT2D eigenvalue weighted by Gasteiger charge is 2.10. The van der Waals surface area contributed by atoms with E-state index in [1.54, 1.807) is 18.2 Å². The fourth-order valence-corrected chi connectivity index (χ4v) is 2.71. The molecule has 20 heavy (non-hydrogen) atoms. The molecule has 0 radical (unpaired) electrons. The van der Waals surface area contributed by atoms with Gasteiger partial charge in [0.2, 0.25) is 0 Å². The topological polar surface area (TPSA) is 12.0 Å². The summed E-state index contributed by atoms with van der Waals surface area (Å²) < 4.78 is 27.0. The standard InChI is InChI=1S/C16H16BrF2N/c1-20-16(8-11-2-4-14(18)5-3-11)9-12-6-13(17)10-15(19)7-12/h2-7,10,16,20H,8-9H2,1H3. The number of nitrogens with one attached hydrogen (secondary N) is 1. The monoisotopic (exact) mass is 339 g/mol. The average Bonchev–Trinajstić information content (AvgIpc) is 2.39. The van der Waals surface area contributed by atoms with Crippen LogP contribution in [0, 0.1) is 11.6 Å². The van der Waals surface area contributed by atoms with Gasteiger partial charge in [-0.3, -0.25) is 0 Å². The summed E-state index contributed by atoms with van der Waals surface area (Å²) >= 11 is 3.30. The van der Waals surface area contributed by atoms with Crippen molar-refractivity contribution in [2.45, 2.75) is 18.9 Å². The van der Waals surface area contributed by atoms with Crippen molar-refractivity contribution in [1.29, 1.82) is 0 Å². The number of hydrogen-bond donors (Lipinski definition) is 1. The van der Waals surface area contributed by atoms with Crippen LogP contribution in [0.2, 0.25) is 0 Å². The maximum Gasteiger partial charge on any atom is 0.124 e. The van der Waals surface area contributed by atoms with Crippen LogP contribution in [0.25, 0.3) is 0 Å². The molecule has 1 atom stereocenters. The molecule has 1 nitrogen and oxygen atoms in total. The van der Waals surface area contributed by atoms with Crippen LogP contribution in [0.4, 0.5) is 8.78 Å². The van der Waals surface area contributed by atoms with Crippen molar-refractivity contribution in [3.05, 3.63) is 69.7 Å². The highest BCUT2D eigenvalue weighted by Crippen LogP contribution is 2.17. The summed E-state index contributed by atoms with van der Waals surface area (Å²) in [6.45, 7) is 0. The first-order chi connectivity index (χ1) is 9.56. The van der Waals surface area contributed by atoms with E-state index < -0.39 is 0 Å². The maximum absolute atomic E-state index is 13.4. The van der Waals surface area contributed by atoms with Gasteiger partial charge in [0, 0.05) is 10.5 Å². The van der Waals surface area contributed by atoms with Crippen LogP contribution in [0.5, 0.6) is 0 Å². The third-order valence-electron chi connectivity index (χ3n) is 3.21. The average molecular weight is 340 g/mol. The Balaban J connectivity index is 2.06. The Hall–Kier alpha value is -1.26. The Morgan fingerprint density at radius 3 is 2.20 bits per heavy atom. The van der Waals surface area contributed by atoms with Gasteiger partial charge in [0.05, 0.1) is 0 Å². The molecule has 0 heterocycles. The predicted molar refractivity (Wildman–Crippen MR) is 80.8 cm³/mol. The largest absolute Gasteiger partial charge is 0.316 e. The molecule has 1 N–H and O–H groups in total. The minimum Gasteiger partial charge on any atom is -0.316 e. The molecule has 0 bridgehead atoms. The lowest BCUT2D eigenvalue weighted by Crippen LogP contribution is -2.29. The second-order valence-electron chi connectivity index (χ2n) is 4.80. The lowest BCUT2D eigenvalue weighted by atomic mass is 9.99. The van der Waals surface area contributed by atoms with Gasteiger partial charge in [0.1, 0.15) is 11.6 Å². The van der Waals surface area contributed by atoms with E-state index in [1.165, 1.54) is 18.2 Å². The zero-order valence-corrected chi connectivity index (χ0v) is 12.8. The highest BCUT2D eigenvalue weighted by atomic mass is 79.9. The van der Waals surface area contributed by atoms with Crippen molar-refractivity contribution < 1.29 is 8.78 Å².